The third kappa shape index (κ3) is 7.14. The number of aromatic nitrogens is 2. The van der Waals surface area contributed by atoms with Gasteiger partial charge in [-0.05, 0) is 62.1 Å². The first-order valence-corrected chi connectivity index (χ1v) is 14.3. The molecule has 3 heterocycles. The maximum Gasteiger partial charge on any atom is 0.254 e. The summed E-state index contributed by atoms with van der Waals surface area (Å²) in [6.07, 6.45) is 6.95. The second-order valence-electron chi connectivity index (χ2n) is 10.4. The molecule has 2 fully saturated rings. The number of nitrogen functional groups attached to an aromatic ring is 1. The van der Waals surface area contributed by atoms with E-state index in [0.29, 0.717) is 24.4 Å². The van der Waals surface area contributed by atoms with Gasteiger partial charge in [-0.3, -0.25) is 14.5 Å². The van der Waals surface area contributed by atoms with Crippen LogP contribution in [-0.2, 0) is 9.53 Å². The van der Waals surface area contributed by atoms with Crippen molar-refractivity contribution in [1.82, 2.24) is 19.6 Å². The van der Waals surface area contributed by atoms with E-state index in [1.54, 1.807) is 10.8 Å². The van der Waals surface area contributed by atoms with Crippen molar-refractivity contribution < 1.29 is 19.1 Å². The lowest BCUT2D eigenvalue weighted by Gasteiger charge is -2.28. The maximum atomic E-state index is 13.0. The van der Waals surface area contributed by atoms with Crippen molar-refractivity contribution in [3.63, 3.8) is 0 Å². The Morgan fingerprint density at radius 1 is 0.951 bits per heavy atom. The molecule has 4 N–H and O–H groups in total. The van der Waals surface area contributed by atoms with Gasteiger partial charge in [-0.15, -0.1) is 0 Å². The minimum atomic E-state index is -0.624. The van der Waals surface area contributed by atoms with Crippen molar-refractivity contribution in [2.45, 2.75) is 31.7 Å². The molecule has 0 unspecified atom stereocenters. The highest BCUT2D eigenvalue weighted by molar-refractivity contribution is 6.03. The van der Waals surface area contributed by atoms with E-state index in [0.717, 1.165) is 70.0 Å². The molecule has 0 spiro atoms. The van der Waals surface area contributed by atoms with Crippen LogP contribution in [0.5, 0.6) is 11.5 Å². The molecular formula is C31H38N6O4. The number of carbonyl (C=O) groups excluding carboxylic acids is 2. The largest absolute Gasteiger partial charge is 0.457 e. The highest BCUT2D eigenvalue weighted by Crippen LogP contribution is 2.33. The summed E-state index contributed by atoms with van der Waals surface area (Å²) < 4.78 is 13.0. The predicted octanol–water partition coefficient (Wildman–Crippen LogP) is 3.86. The van der Waals surface area contributed by atoms with E-state index < -0.39 is 5.91 Å². The Balaban J connectivity index is 1.28. The number of nitrogens with two attached hydrogens (primary N) is 2. The molecule has 10 nitrogen and oxygen atoms in total. The number of hydrogen-bond acceptors (Lipinski definition) is 7. The number of primary amides is 1. The third-order valence-corrected chi connectivity index (χ3v) is 7.63. The summed E-state index contributed by atoms with van der Waals surface area (Å²) in [5, 5.41) is 4.80. The van der Waals surface area contributed by atoms with E-state index in [2.05, 4.69) is 4.90 Å². The number of morpholine rings is 1. The number of benzene rings is 2. The van der Waals surface area contributed by atoms with Crippen LogP contribution in [0.4, 0.5) is 5.82 Å². The second kappa shape index (κ2) is 13.5. The van der Waals surface area contributed by atoms with Gasteiger partial charge < -0.3 is 25.8 Å². The van der Waals surface area contributed by atoms with Gasteiger partial charge in [0, 0.05) is 44.4 Å². The van der Waals surface area contributed by atoms with Gasteiger partial charge in [-0.1, -0.05) is 24.3 Å². The molecule has 0 saturated carbocycles. The fourth-order valence-electron chi connectivity index (χ4n) is 5.38. The summed E-state index contributed by atoms with van der Waals surface area (Å²) in [6, 6.07) is 16.8. The average Bonchev–Trinajstić information content (AvgIpc) is 3.31. The molecular weight excluding hydrogens is 520 g/mol. The molecule has 10 heteroatoms. The number of amides is 2. The normalized spacial score (nSPS) is 18.6. The first kappa shape index (κ1) is 28.4. The minimum absolute atomic E-state index is 0.0173. The van der Waals surface area contributed by atoms with E-state index in [1.807, 2.05) is 65.6 Å². The molecule has 1 aromatic heterocycles. The number of hydrogen-bond donors (Lipinski definition) is 2. The van der Waals surface area contributed by atoms with Gasteiger partial charge in [0.15, 0.2) is 0 Å². The Hall–Kier alpha value is -4.15. The highest BCUT2D eigenvalue weighted by atomic mass is 16.5. The lowest BCUT2D eigenvalue weighted by Crippen LogP contribution is -2.37. The van der Waals surface area contributed by atoms with Crippen LogP contribution in [-0.4, -0.2) is 77.3 Å². The molecule has 2 saturated heterocycles. The standard InChI is InChI=1S/C31H38N6O4/c32-30-28(31(33)39)29(23-11-13-26(14-12-23)41-25-8-2-1-3-9-25)34-37(30)24-7-4-5-17-36(18-15-24)27(38)10-6-16-35-19-21-40-22-20-35/h1-3,6,8-14,24H,4-5,7,15-22,32H2,(H2,33,39)/b10-6+/t24-/m0/s1. The van der Waals surface area contributed by atoms with Gasteiger partial charge in [0.25, 0.3) is 5.91 Å². The first-order valence-electron chi connectivity index (χ1n) is 14.3. The van der Waals surface area contributed by atoms with Crippen LogP contribution >= 0.6 is 0 Å². The van der Waals surface area contributed by atoms with E-state index in [9.17, 15) is 9.59 Å². The molecule has 1 atom stereocenters. The quantitative estimate of drug-likeness (QED) is 0.402. The van der Waals surface area contributed by atoms with Crippen molar-refractivity contribution in [3.8, 4) is 22.8 Å². The topological polar surface area (TPSA) is 129 Å². The summed E-state index contributed by atoms with van der Waals surface area (Å²) in [7, 11) is 0. The van der Waals surface area contributed by atoms with Crippen molar-refractivity contribution >= 4 is 17.6 Å². The van der Waals surface area contributed by atoms with E-state index in [1.165, 1.54) is 0 Å². The van der Waals surface area contributed by atoms with E-state index in [-0.39, 0.29) is 23.3 Å². The zero-order valence-corrected chi connectivity index (χ0v) is 23.3. The van der Waals surface area contributed by atoms with Gasteiger partial charge in [0.2, 0.25) is 5.91 Å². The minimum Gasteiger partial charge on any atom is -0.457 e. The van der Waals surface area contributed by atoms with E-state index in [4.69, 9.17) is 26.0 Å². The Labute approximate surface area is 240 Å². The van der Waals surface area contributed by atoms with Crippen molar-refractivity contribution in [1.29, 1.82) is 0 Å². The summed E-state index contributed by atoms with van der Waals surface area (Å²) in [4.78, 5) is 29.6. The van der Waals surface area contributed by atoms with Gasteiger partial charge in [-0.2, -0.15) is 5.10 Å². The molecule has 0 bridgehead atoms. The monoisotopic (exact) mass is 558 g/mol. The van der Waals surface area contributed by atoms with Crippen LogP contribution in [0.3, 0.4) is 0 Å². The Kier molecular flexibility index (Phi) is 9.33. The number of anilines is 1. The fraction of sp³-hybridized carbons (Fsp3) is 0.387. The zero-order chi connectivity index (χ0) is 28.6. The molecule has 0 radical (unpaired) electrons. The lowest BCUT2D eigenvalue weighted by molar-refractivity contribution is -0.126. The van der Waals surface area contributed by atoms with Gasteiger partial charge in [0.05, 0.1) is 19.3 Å². The number of nitrogens with zero attached hydrogens (tertiary/aromatic N) is 4. The third-order valence-electron chi connectivity index (χ3n) is 7.63. The van der Waals surface area contributed by atoms with Crippen LogP contribution in [0.15, 0.2) is 66.7 Å². The highest BCUT2D eigenvalue weighted by Gasteiger charge is 2.27. The number of rotatable bonds is 8. The van der Waals surface area contributed by atoms with Crippen molar-refractivity contribution in [3.05, 3.63) is 72.3 Å². The average molecular weight is 559 g/mol. The smallest absolute Gasteiger partial charge is 0.254 e. The molecule has 0 aliphatic carbocycles. The fourth-order valence-corrected chi connectivity index (χ4v) is 5.38. The van der Waals surface area contributed by atoms with Crippen LogP contribution in [0.1, 0.15) is 42.1 Å². The first-order chi connectivity index (χ1) is 20.0. The zero-order valence-electron chi connectivity index (χ0n) is 23.3. The lowest BCUT2D eigenvalue weighted by atomic mass is 10.0. The van der Waals surface area contributed by atoms with Crippen LogP contribution in [0, 0.1) is 0 Å². The van der Waals surface area contributed by atoms with Crippen molar-refractivity contribution in [2.24, 2.45) is 5.73 Å². The summed E-state index contributed by atoms with van der Waals surface area (Å²) >= 11 is 0. The molecule has 5 rings (SSSR count). The molecule has 3 aromatic rings. The van der Waals surface area contributed by atoms with Gasteiger partial charge in [-0.25, -0.2) is 4.68 Å². The Morgan fingerprint density at radius 2 is 1.68 bits per heavy atom. The predicted molar refractivity (Wildman–Crippen MR) is 158 cm³/mol. The van der Waals surface area contributed by atoms with Crippen LogP contribution in [0.25, 0.3) is 11.3 Å². The Morgan fingerprint density at radius 3 is 2.41 bits per heavy atom. The van der Waals surface area contributed by atoms with Crippen LogP contribution in [0.2, 0.25) is 0 Å². The van der Waals surface area contributed by atoms with Gasteiger partial charge in [0.1, 0.15) is 28.6 Å². The molecule has 2 aliphatic heterocycles. The summed E-state index contributed by atoms with van der Waals surface area (Å²) in [6.45, 7) is 5.28. The number of carbonyl (C=O) groups is 2. The number of ether oxygens (including phenoxy) is 2. The molecule has 41 heavy (non-hydrogen) atoms. The SMILES string of the molecule is NC(=O)c1c(-c2ccc(Oc3ccccc3)cc2)nn([C@H]2CCCCN(C(=O)/C=C/CN3CCOCC3)CC2)c1N. The Bertz CT molecular complexity index is 1350. The molecule has 216 valence electrons. The van der Waals surface area contributed by atoms with Crippen molar-refractivity contribution in [2.75, 3.05) is 51.7 Å². The molecule has 2 aliphatic rings. The number of para-hydroxylation sites is 1. The molecule has 2 amide bonds. The second-order valence-corrected chi connectivity index (χ2v) is 10.4. The van der Waals surface area contributed by atoms with Crippen LogP contribution < -0.4 is 16.2 Å². The van der Waals surface area contributed by atoms with Gasteiger partial charge >= 0.3 is 0 Å². The maximum absolute atomic E-state index is 13.0. The summed E-state index contributed by atoms with van der Waals surface area (Å²) in [5.74, 6) is 1.05. The van der Waals surface area contributed by atoms with E-state index >= 15 is 0 Å². The number of likely N-dealkylation sites (tertiary alicyclic amines) is 1. The summed E-state index contributed by atoms with van der Waals surface area (Å²) in [5.41, 5.74) is 13.7. The molecule has 2 aromatic carbocycles.